The van der Waals surface area contributed by atoms with Crippen molar-refractivity contribution in [3.63, 3.8) is 0 Å². The van der Waals surface area contributed by atoms with Gasteiger partial charge in [0.2, 0.25) is 0 Å². The van der Waals surface area contributed by atoms with Gasteiger partial charge in [0, 0.05) is 12.2 Å². The second-order valence-electron chi connectivity index (χ2n) is 4.92. The summed E-state index contributed by atoms with van der Waals surface area (Å²) in [4.78, 5) is 0. The van der Waals surface area contributed by atoms with E-state index in [0.717, 1.165) is 31.4 Å². The van der Waals surface area contributed by atoms with E-state index in [1.54, 1.807) is 0 Å². The average molecular weight is 302 g/mol. The molecule has 1 aromatic rings. The SMILES string of the molecule is N=C(N)c1ccc(OCC2CCCCO2)cc1C(F)(F)F. The van der Waals surface area contributed by atoms with Gasteiger partial charge in [-0.3, -0.25) is 5.41 Å². The molecule has 0 aliphatic carbocycles. The highest BCUT2D eigenvalue weighted by Crippen LogP contribution is 2.34. The molecule has 1 aromatic carbocycles. The van der Waals surface area contributed by atoms with E-state index < -0.39 is 17.6 Å². The Kier molecular flexibility index (Phi) is 4.72. The zero-order valence-corrected chi connectivity index (χ0v) is 11.4. The largest absolute Gasteiger partial charge is 0.491 e. The highest BCUT2D eigenvalue weighted by atomic mass is 19.4. The average Bonchev–Trinajstić information content (AvgIpc) is 2.45. The van der Waals surface area contributed by atoms with Gasteiger partial charge < -0.3 is 15.2 Å². The number of hydrogen-bond acceptors (Lipinski definition) is 3. The van der Waals surface area contributed by atoms with Gasteiger partial charge in [-0.25, -0.2) is 0 Å². The summed E-state index contributed by atoms with van der Waals surface area (Å²) in [7, 11) is 0. The molecule has 4 nitrogen and oxygen atoms in total. The Morgan fingerprint density at radius 1 is 1.38 bits per heavy atom. The first-order chi connectivity index (χ1) is 9.88. The van der Waals surface area contributed by atoms with Crippen LogP contribution in [-0.4, -0.2) is 25.2 Å². The predicted octanol–water partition coefficient (Wildman–Crippen LogP) is 2.94. The van der Waals surface area contributed by atoms with Gasteiger partial charge in [-0.15, -0.1) is 0 Å². The van der Waals surface area contributed by atoms with Crippen molar-refractivity contribution in [2.75, 3.05) is 13.2 Å². The van der Waals surface area contributed by atoms with Crippen LogP contribution in [0.4, 0.5) is 13.2 Å². The first-order valence-electron chi connectivity index (χ1n) is 6.68. The van der Waals surface area contributed by atoms with Gasteiger partial charge in [0.1, 0.15) is 18.2 Å². The quantitative estimate of drug-likeness (QED) is 0.663. The molecule has 3 N–H and O–H groups in total. The van der Waals surface area contributed by atoms with Crippen LogP contribution < -0.4 is 10.5 Å². The highest BCUT2D eigenvalue weighted by Gasteiger charge is 2.34. The van der Waals surface area contributed by atoms with Gasteiger partial charge in [0.15, 0.2) is 0 Å². The second-order valence-corrected chi connectivity index (χ2v) is 4.92. The van der Waals surface area contributed by atoms with E-state index in [0.29, 0.717) is 6.61 Å². The minimum atomic E-state index is -4.58. The number of nitrogens with one attached hydrogen (secondary N) is 1. The van der Waals surface area contributed by atoms with Gasteiger partial charge >= 0.3 is 6.18 Å². The van der Waals surface area contributed by atoms with Crippen LogP contribution in [0.1, 0.15) is 30.4 Å². The van der Waals surface area contributed by atoms with E-state index in [9.17, 15) is 13.2 Å². The molecule has 0 bridgehead atoms. The number of amidine groups is 1. The van der Waals surface area contributed by atoms with Crippen molar-refractivity contribution < 1.29 is 22.6 Å². The maximum absolute atomic E-state index is 13.0. The summed E-state index contributed by atoms with van der Waals surface area (Å²) in [5, 5.41) is 7.21. The summed E-state index contributed by atoms with van der Waals surface area (Å²) < 4.78 is 49.7. The molecular weight excluding hydrogens is 285 g/mol. The lowest BCUT2D eigenvalue weighted by Gasteiger charge is -2.23. The van der Waals surface area contributed by atoms with Crippen LogP contribution in [0.2, 0.25) is 0 Å². The highest BCUT2D eigenvalue weighted by molar-refractivity contribution is 5.96. The van der Waals surface area contributed by atoms with Crippen molar-refractivity contribution in [3.8, 4) is 5.75 Å². The molecule has 21 heavy (non-hydrogen) atoms. The zero-order chi connectivity index (χ0) is 15.5. The Hall–Kier alpha value is -1.76. The summed E-state index contributed by atoms with van der Waals surface area (Å²) in [6.45, 7) is 0.877. The fourth-order valence-corrected chi connectivity index (χ4v) is 2.21. The van der Waals surface area contributed by atoms with Crippen LogP contribution in [0.25, 0.3) is 0 Å². The number of nitrogen functional groups attached to an aromatic ring is 1. The third-order valence-corrected chi connectivity index (χ3v) is 3.30. The van der Waals surface area contributed by atoms with Crippen molar-refractivity contribution in [2.45, 2.75) is 31.5 Å². The molecule has 1 atom stereocenters. The molecule has 0 saturated carbocycles. The standard InChI is InChI=1S/C14H17F3N2O2/c15-14(16,17)12-7-9(4-5-11(12)13(18)19)21-8-10-3-1-2-6-20-10/h4-5,7,10H,1-3,6,8H2,(H3,18,19). The van der Waals surface area contributed by atoms with Crippen molar-refractivity contribution >= 4 is 5.84 Å². The molecule has 0 aromatic heterocycles. The lowest BCUT2D eigenvalue weighted by atomic mass is 10.1. The molecule has 0 spiro atoms. The van der Waals surface area contributed by atoms with E-state index >= 15 is 0 Å². The van der Waals surface area contributed by atoms with Crippen molar-refractivity contribution in [1.82, 2.24) is 0 Å². The summed E-state index contributed by atoms with van der Waals surface area (Å²) >= 11 is 0. The lowest BCUT2D eigenvalue weighted by Crippen LogP contribution is -2.26. The number of rotatable bonds is 4. The normalized spacial score (nSPS) is 19.3. The molecule has 1 saturated heterocycles. The molecule has 1 unspecified atom stereocenters. The minimum Gasteiger partial charge on any atom is -0.491 e. The Bertz CT molecular complexity index is 511. The predicted molar refractivity (Wildman–Crippen MR) is 71.5 cm³/mol. The zero-order valence-electron chi connectivity index (χ0n) is 11.4. The number of benzene rings is 1. The number of halogens is 3. The summed E-state index contributed by atoms with van der Waals surface area (Å²) in [6, 6.07) is 3.41. The first-order valence-corrected chi connectivity index (χ1v) is 6.68. The van der Waals surface area contributed by atoms with Gasteiger partial charge in [0.05, 0.1) is 11.7 Å². The molecule has 0 radical (unpaired) electrons. The molecule has 2 rings (SSSR count). The number of hydrogen-bond donors (Lipinski definition) is 2. The third-order valence-electron chi connectivity index (χ3n) is 3.30. The van der Waals surface area contributed by atoms with E-state index in [2.05, 4.69) is 0 Å². The molecule has 7 heteroatoms. The first kappa shape index (κ1) is 15.6. The second kappa shape index (κ2) is 6.34. The molecule has 116 valence electrons. The van der Waals surface area contributed by atoms with Crippen LogP contribution >= 0.6 is 0 Å². The minimum absolute atomic E-state index is 0.0828. The molecule has 0 amide bonds. The Balaban J connectivity index is 2.11. The van der Waals surface area contributed by atoms with E-state index in [-0.39, 0.29) is 24.0 Å². The third kappa shape index (κ3) is 4.10. The maximum Gasteiger partial charge on any atom is 0.417 e. The van der Waals surface area contributed by atoms with Gasteiger partial charge in [-0.05, 0) is 37.5 Å². The molecule has 1 fully saturated rings. The monoisotopic (exact) mass is 302 g/mol. The van der Waals surface area contributed by atoms with Gasteiger partial charge in [-0.2, -0.15) is 13.2 Å². The van der Waals surface area contributed by atoms with E-state index in [1.165, 1.54) is 6.07 Å². The Morgan fingerprint density at radius 3 is 2.71 bits per heavy atom. The molecule has 1 aliphatic heterocycles. The number of alkyl halides is 3. The van der Waals surface area contributed by atoms with Crippen molar-refractivity contribution in [1.29, 1.82) is 5.41 Å². The molecular formula is C14H17F3N2O2. The van der Waals surface area contributed by atoms with Gasteiger partial charge in [0.25, 0.3) is 0 Å². The lowest BCUT2D eigenvalue weighted by molar-refractivity contribution is -0.137. The fourth-order valence-electron chi connectivity index (χ4n) is 2.21. The van der Waals surface area contributed by atoms with Crippen LogP contribution in [0.5, 0.6) is 5.75 Å². The van der Waals surface area contributed by atoms with Crippen LogP contribution in [0, 0.1) is 5.41 Å². The molecule has 1 heterocycles. The van der Waals surface area contributed by atoms with Crippen LogP contribution in [0.15, 0.2) is 18.2 Å². The summed E-state index contributed by atoms with van der Waals surface area (Å²) in [6.07, 6.45) is -1.78. The van der Waals surface area contributed by atoms with Crippen LogP contribution in [0.3, 0.4) is 0 Å². The van der Waals surface area contributed by atoms with Crippen molar-refractivity contribution in [3.05, 3.63) is 29.3 Å². The molecule has 1 aliphatic rings. The Labute approximate surface area is 120 Å². The smallest absolute Gasteiger partial charge is 0.417 e. The van der Waals surface area contributed by atoms with Crippen molar-refractivity contribution in [2.24, 2.45) is 5.73 Å². The summed E-state index contributed by atoms with van der Waals surface area (Å²) in [5.41, 5.74) is 3.87. The summed E-state index contributed by atoms with van der Waals surface area (Å²) in [5.74, 6) is -0.522. The fraction of sp³-hybridized carbons (Fsp3) is 0.500. The van der Waals surface area contributed by atoms with Crippen LogP contribution in [-0.2, 0) is 10.9 Å². The maximum atomic E-state index is 13.0. The van der Waals surface area contributed by atoms with E-state index in [1.807, 2.05) is 0 Å². The van der Waals surface area contributed by atoms with E-state index in [4.69, 9.17) is 20.6 Å². The Morgan fingerprint density at radius 2 is 2.14 bits per heavy atom. The number of nitrogens with two attached hydrogens (primary N) is 1. The topological polar surface area (TPSA) is 68.3 Å². The number of ether oxygens (including phenoxy) is 2. The van der Waals surface area contributed by atoms with Gasteiger partial charge in [-0.1, -0.05) is 0 Å².